The number of hydrogen-bond acceptors (Lipinski definition) is 5. The molecule has 0 unspecified atom stereocenters. The SMILES string of the molecule is Cc1ccc([C@@H]2CN(S(=O)(=O)c3cccs3)C[C@H]2N)o1. The van der Waals surface area contributed by atoms with Gasteiger partial charge in [-0.25, -0.2) is 8.42 Å². The van der Waals surface area contributed by atoms with Crippen molar-refractivity contribution < 1.29 is 12.8 Å². The molecule has 0 radical (unpaired) electrons. The van der Waals surface area contributed by atoms with E-state index in [1.165, 1.54) is 15.6 Å². The molecule has 0 aliphatic carbocycles. The molecule has 1 aliphatic rings. The van der Waals surface area contributed by atoms with E-state index in [0.29, 0.717) is 17.3 Å². The summed E-state index contributed by atoms with van der Waals surface area (Å²) in [4.78, 5) is 0. The molecule has 2 aromatic rings. The van der Waals surface area contributed by atoms with Gasteiger partial charge < -0.3 is 10.2 Å². The molecule has 2 atom stereocenters. The minimum absolute atomic E-state index is 0.0848. The second kappa shape index (κ2) is 5.00. The van der Waals surface area contributed by atoms with Crippen molar-refractivity contribution in [2.45, 2.75) is 23.1 Å². The highest BCUT2D eigenvalue weighted by Crippen LogP contribution is 2.32. The molecule has 2 aromatic heterocycles. The maximum absolute atomic E-state index is 12.5. The second-order valence-electron chi connectivity index (χ2n) is 4.97. The zero-order valence-electron chi connectivity index (χ0n) is 11.0. The molecular weight excluding hydrogens is 296 g/mol. The molecule has 7 heteroatoms. The molecule has 108 valence electrons. The summed E-state index contributed by atoms with van der Waals surface area (Å²) < 4.78 is 32.3. The van der Waals surface area contributed by atoms with Gasteiger partial charge in [0.2, 0.25) is 0 Å². The van der Waals surface area contributed by atoms with Crippen molar-refractivity contribution in [3.8, 4) is 0 Å². The number of nitrogens with zero attached hydrogens (tertiary/aromatic N) is 1. The molecule has 1 saturated heterocycles. The van der Waals surface area contributed by atoms with E-state index in [2.05, 4.69) is 0 Å². The monoisotopic (exact) mass is 312 g/mol. The van der Waals surface area contributed by atoms with E-state index < -0.39 is 10.0 Å². The molecule has 2 N–H and O–H groups in total. The molecule has 3 rings (SSSR count). The van der Waals surface area contributed by atoms with Gasteiger partial charge in [-0.3, -0.25) is 0 Å². The van der Waals surface area contributed by atoms with E-state index in [0.717, 1.165) is 11.5 Å². The molecular formula is C13H16N2O3S2. The zero-order valence-corrected chi connectivity index (χ0v) is 12.7. The molecule has 1 fully saturated rings. The first-order valence-corrected chi connectivity index (χ1v) is 8.66. The van der Waals surface area contributed by atoms with Gasteiger partial charge in [0.15, 0.2) is 0 Å². The molecule has 5 nitrogen and oxygen atoms in total. The Hall–Kier alpha value is -1.15. The van der Waals surface area contributed by atoms with E-state index >= 15 is 0 Å². The average Bonchev–Trinajstić information content (AvgIpc) is 3.08. The van der Waals surface area contributed by atoms with Crippen LogP contribution in [0.25, 0.3) is 0 Å². The first kappa shape index (κ1) is 13.8. The fourth-order valence-corrected chi connectivity index (χ4v) is 5.13. The van der Waals surface area contributed by atoms with Crippen molar-refractivity contribution in [2.75, 3.05) is 13.1 Å². The molecule has 0 saturated carbocycles. The summed E-state index contributed by atoms with van der Waals surface area (Å²) >= 11 is 1.23. The molecule has 3 heterocycles. The van der Waals surface area contributed by atoms with Crippen LogP contribution in [0.15, 0.2) is 38.3 Å². The normalized spacial score (nSPS) is 24.3. The Balaban J connectivity index is 1.85. The van der Waals surface area contributed by atoms with Crippen LogP contribution in [-0.2, 0) is 10.0 Å². The fourth-order valence-electron chi connectivity index (χ4n) is 2.48. The summed E-state index contributed by atoms with van der Waals surface area (Å²) in [7, 11) is -3.43. The van der Waals surface area contributed by atoms with E-state index in [9.17, 15) is 8.42 Å². The Kier molecular flexibility index (Phi) is 3.45. The van der Waals surface area contributed by atoms with Crippen molar-refractivity contribution in [3.05, 3.63) is 41.2 Å². The first-order valence-electron chi connectivity index (χ1n) is 6.34. The maximum Gasteiger partial charge on any atom is 0.252 e. The molecule has 0 amide bonds. The van der Waals surface area contributed by atoms with Crippen LogP contribution >= 0.6 is 11.3 Å². The van der Waals surface area contributed by atoms with Gasteiger partial charge in [0.1, 0.15) is 15.7 Å². The van der Waals surface area contributed by atoms with Crippen molar-refractivity contribution in [3.63, 3.8) is 0 Å². The topological polar surface area (TPSA) is 76.5 Å². The van der Waals surface area contributed by atoms with Gasteiger partial charge in [-0.05, 0) is 30.5 Å². The number of furan rings is 1. The standard InChI is InChI=1S/C13H16N2O3S2/c1-9-4-5-12(18-9)10-7-15(8-11(10)14)20(16,17)13-3-2-6-19-13/h2-6,10-11H,7-8,14H2,1H3/t10-,11-/m1/s1. The Morgan fingerprint density at radius 2 is 2.15 bits per heavy atom. The Bertz CT molecular complexity index is 691. The lowest BCUT2D eigenvalue weighted by atomic mass is 10.0. The molecule has 1 aliphatic heterocycles. The third-order valence-electron chi connectivity index (χ3n) is 3.55. The number of rotatable bonds is 3. The quantitative estimate of drug-likeness (QED) is 0.937. The minimum atomic E-state index is -3.43. The first-order chi connectivity index (χ1) is 9.48. The zero-order chi connectivity index (χ0) is 14.3. The summed E-state index contributed by atoms with van der Waals surface area (Å²) in [6.07, 6.45) is 0. The van der Waals surface area contributed by atoms with E-state index in [1.807, 2.05) is 19.1 Å². The summed E-state index contributed by atoms with van der Waals surface area (Å²) in [6.45, 7) is 2.56. The number of sulfonamides is 1. The Morgan fingerprint density at radius 3 is 2.75 bits per heavy atom. The number of hydrogen-bond donors (Lipinski definition) is 1. The van der Waals surface area contributed by atoms with Gasteiger partial charge in [-0.15, -0.1) is 11.3 Å². The largest absolute Gasteiger partial charge is 0.466 e. The van der Waals surface area contributed by atoms with Gasteiger partial charge in [0.25, 0.3) is 10.0 Å². The maximum atomic E-state index is 12.5. The van der Waals surface area contributed by atoms with Crippen LogP contribution in [-0.4, -0.2) is 31.9 Å². The van der Waals surface area contributed by atoms with Crippen LogP contribution in [0.1, 0.15) is 17.4 Å². The van der Waals surface area contributed by atoms with Gasteiger partial charge in [-0.2, -0.15) is 4.31 Å². The predicted octanol–water partition coefficient (Wildman–Crippen LogP) is 1.76. The van der Waals surface area contributed by atoms with Crippen LogP contribution in [0.2, 0.25) is 0 Å². The molecule has 0 bridgehead atoms. The summed E-state index contributed by atoms with van der Waals surface area (Å²) in [6, 6.07) is 6.87. The van der Waals surface area contributed by atoms with Crippen LogP contribution in [0.5, 0.6) is 0 Å². The lowest BCUT2D eigenvalue weighted by Gasteiger charge is -2.14. The van der Waals surface area contributed by atoms with Crippen molar-refractivity contribution in [1.29, 1.82) is 0 Å². The van der Waals surface area contributed by atoms with Gasteiger partial charge in [-0.1, -0.05) is 6.07 Å². The Labute approximate surface area is 122 Å². The van der Waals surface area contributed by atoms with Crippen LogP contribution < -0.4 is 5.73 Å². The smallest absolute Gasteiger partial charge is 0.252 e. The van der Waals surface area contributed by atoms with Gasteiger partial charge in [0.05, 0.1) is 0 Å². The van der Waals surface area contributed by atoms with Crippen LogP contribution in [0, 0.1) is 6.92 Å². The van der Waals surface area contributed by atoms with E-state index in [1.54, 1.807) is 17.5 Å². The Morgan fingerprint density at radius 1 is 1.35 bits per heavy atom. The predicted molar refractivity (Wildman–Crippen MR) is 77.2 cm³/mol. The van der Waals surface area contributed by atoms with Gasteiger partial charge >= 0.3 is 0 Å². The number of thiophene rings is 1. The molecule has 0 aromatic carbocycles. The van der Waals surface area contributed by atoms with E-state index in [4.69, 9.17) is 10.2 Å². The number of aryl methyl sites for hydroxylation is 1. The number of nitrogens with two attached hydrogens (primary N) is 1. The second-order valence-corrected chi connectivity index (χ2v) is 8.09. The fraction of sp³-hybridized carbons (Fsp3) is 0.385. The lowest BCUT2D eigenvalue weighted by Crippen LogP contribution is -2.31. The average molecular weight is 312 g/mol. The highest BCUT2D eigenvalue weighted by molar-refractivity contribution is 7.91. The molecule has 0 spiro atoms. The summed E-state index contributed by atoms with van der Waals surface area (Å²) in [5, 5.41) is 1.76. The van der Waals surface area contributed by atoms with Crippen molar-refractivity contribution in [1.82, 2.24) is 4.31 Å². The third kappa shape index (κ3) is 2.31. The summed E-state index contributed by atoms with van der Waals surface area (Å²) in [5.74, 6) is 1.49. The molecule has 20 heavy (non-hydrogen) atoms. The van der Waals surface area contributed by atoms with Crippen LogP contribution in [0.3, 0.4) is 0 Å². The highest BCUT2D eigenvalue weighted by atomic mass is 32.2. The van der Waals surface area contributed by atoms with Crippen molar-refractivity contribution >= 4 is 21.4 Å². The third-order valence-corrected chi connectivity index (χ3v) is 6.75. The van der Waals surface area contributed by atoms with Crippen LogP contribution in [0.4, 0.5) is 0 Å². The van der Waals surface area contributed by atoms with Crippen molar-refractivity contribution in [2.24, 2.45) is 5.73 Å². The highest BCUT2D eigenvalue weighted by Gasteiger charge is 2.40. The van der Waals surface area contributed by atoms with E-state index in [-0.39, 0.29) is 12.0 Å². The van der Waals surface area contributed by atoms with Gasteiger partial charge in [0, 0.05) is 25.0 Å². The minimum Gasteiger partial charge on any atom is -0.466 e. The summed E-state index contributed by atoms with van der Waals surface area (Å²) in [5.41, 5.74) is 6.10. The lowest BCUT2D eigenvalue weighted by molar-refractivity contribution is 0.429.